The normalized spacial score (nSPS) is 18.9. The number of hydrogen-bond donors (Lipinski definition) is 0. The van der Waals surface area contributed by atoms with Crippen LogP contribution in [-0.2, 0) is 19.4 Å². The van der Waals surface area contributed by atoms with Crippen LogP contribution < -0.4 is 10.0 Å². The van der Waals surface area contributed by atoms with Crippen LogP contribution in [0.1, 0.15) is 12.8 Å². The van der Waals surface area contributed by atoms with Gasteiger partial charge in [-0.3, -0.25) is 9.59 Å². The highest BCUT2D eigenvalue weighted by atomic mass is 32.2. The summed E-state index contributed by atoms with van der Waals surface area (Å²) in [7, 11) is -3.33. The first-order valence-corrected chi connectivity index (χ1v) is 9.78. The Bertz CT molecular complexity index is 964. The lowest BCUT2D eigenvalue weighted by atomic mass is 10.1. The Morgan fingerprint density at radius 3 is 1.72 bits per heavy atom. The van der Waals surface area contributed by atoms with Gasteiger partial charge in [0.25, 0.3) is 11.8 Å². The van der Waals surface area contributed by atoms with Crippen molar-refractivity contribution in [2.45, 2.75) is 17.7 Å². The maximum absolute atomic E-state index is 12.9. The van der Waals surface area contributed by atoms with Crippen LogP contribution in [0.4, 0.5) is 11.4 Å². The number of hydrazine groups is 1. The minimum absolute atomic E-state index is 0.168. The Kier molecular flexibility index (Phi) is 3.27. The van der Waals surface area contributed by atoms with Gasteiger partial charge in [0.05, 0.1) is 16.3 Å². The van der Waals surface area contributed by atoms with E-state index in [0.717, 1.165) is 6.26 Å². The molecule has 1 saturated heterocycles. The molecule has 1 saturated carbocycles. The lowest BCUT2D eigenvalue weighted by Crippen LogP contribution is -2.41. The van der Waals surface area contributed by atoms with Gasteiger partial charge in [-0.15, -0.1) is 0 Å². The second kappa shape index (κ2) is 5.16. The van der Waals surface area contributed by atoms with Crippen molar-refractivity contribution in [3.63, 3.8) is 0 Å². The number of nitrogens with zero attached hydrogens (tertiary/aromatic N) is 2. The standard InChI is InChI=1S/C18H16N2O4S/c1-25(23,24)15-9-7-14(8-10-15)20-17(22)18(11-12-18)16(21)19(20)13-5-3-2-4-6-13/h2-10H,11-12H2,1H3. The summed E-state index contributed by atoms with van der Waals surface area (Å²) >= 11 is 0. The maximum Gasteiger partial charge on any atom is 0.261 e. The number of amides is 2. The van der Waals surface area contributed by atoms with Crippen LogP contribution in [0.15, 0.2) is 59.5 Å². The lowest BCUT2D eigenvalue weighted by Gasteiger charge is -2.27. The van der Waals surface area contributed by atoms with Crippen molar-refractivity contribution in [1.29, 1.82) is 0 Å². The van der Waals surface area contributed by atoms with E-state index in [1.54, 1.807) is 36.4 Å². The topological polar surface area (TPSA) is 74.8 Å². The molecule has 0 atom stereocenters. The Balaban J connectivity index is 1.80. The minimum atomic E-state index is -3.33. The molecule has 2 aromatic carbocycles. The molecule has 2 aliphatic rings. The largest absolute Gasteiger partial charge is 0.271 e. The zero-order valence-corrected chi connectivity index (χ0v) is 14.4. The first-order valence-electron chi connectivity index (χ1n) is 7.89. The highest BCUT2D eigenvalue weighted by molar-refractivity contribution is 7.90. The second-order valence-corrected chi connectivity index (χ2v) is 8.43. The molecule has 0 aromatic heterocycles. The fourth-order valence-corrected chi connectivity index (χ4v) is 3.73. The Morgan fingerprint density at radius 1 is 0.800 bits per heavy atom. The summed E-state index contributed by atoms with van der Waals surface area (Å²) in [5.41, 5.74) is 0.126. The molecule has 2 amide bonds. The summed E-state index contributed by atoms with van der Waals surface area (Å²) in [6.07, 6.45) is 2.22. The van der Waals surface area contributed by atoms with E-state index in [-0.39, 0.29) is 16.7 Å². The monoisotopic (exact) mass is 356 g/mol. The van der Waals surface area contributed by atoms with E-state index in [1.807, 2.05) is 6.07 Å². The third-order valence-electron chi connectivity index (χ3n) is 4.66. The fourth-order valence-electron chi connectivity index (χ4n) is 3.10. The van der Waals surface area contributed by atoms with Gasteiger partial charge in [-0.25, -0.2) is 18.4 Å². The first-order chi connectivity index (χ1) is 11.8. The third-order valence-corrected chi connectivity index (χ3v) is 5.79. The van der Waals surface area contributed by atoms with Crippen molar-refractivity contribution >= 4 is 33.0 Å². The van der Waals surface area contributed by atoms with E-state index in [9.17, 15) is 18.0 Å². The molecule has 1 aliphatic carbocycles. The maximum atomic E-state index is 12.9. The van der Waals surface area contributed by atoms with Gasteiger partial charge in [-0.1, -0.05) is 18.2 Å². The average Bonchev–Trinajstić information content (AvgIpc) is 3.37. The van der Waals surface area contributed by atoms with Gasteiger partial charge in [0, 0.05) is 6.26 Å². The third kappa shape index (κ3) is 2.34. The average molecular weight is 356 g/mol. The number of anilines is 2. The summed E-state index contributed by atoms with van der Waals surface area (Å²) in [5.74, 6) is -0.482. The molecule has 128 valence electrons. The van der Waals surface area contributed by atoms with Crippen molar-refractivity contribution in [3.05, 3.63) is 54.6 Å². The molecule has 1 aliphatic heterocycles. The molecular formula is C18H16N2O4S. The van der Waals surface area contributed by atoms with E-state index in [2.05, 4.69) is 0 Å². The Hall–Kier alpha value is -2.67. The summed E-state index contributed by atoms with van der Waals surface area (Å²) in [5, 5.41) is 2.75. The molecule has 25 heavy (non-hydrogen) atoms. The highest BCUT2D eigenvalue weighted by Gasteiger charge is 2.66. The zero-order chi connectivity index (χ0) is 17.8. The molecule has 1 spiro atoms. The van der Waals surface area contributed by atoms with Gasteiger partial charge < -0.3 is 0 Å². The van der Waals surface area contributed by atoms with Crippen molar-refractivity contribution in [1.82, 2.24) is 0 Å². The molecular weight excluding hydrogens is 340 g/mol. The number of rotatable bonds is 3. The molecule has 2 fully saturated rings. The van der Waals surface area contributed by atoms with Crippen molar-refractivity contribution < 1.29 is 18.0 Å². The molecule has 1 heterocycles. The highest BCUT2D eigenvalue weighted by Crippen LogP contribution is 2.54. The van der Waals surface area contributed by atoms with Gasteiger partial charge >= 0.3 is 0 Å². The van der Waals surface area contributed by atoms with Crippen LogP contribution in [0.5, 0.6) is 0 Å². The smallest absolute Gasteiger partial charge is 0.261 e. The van der Waals surface area contributed by atoms with Crippen molar-refractivity contribution in [2.75, 3.05) is 16.3 Å². The van der Waals surface area contributed by atoms with Crippen molar-refractivity contribution in [2.24, 2.45) is 5.41 Å². The van der Waals surface area contributed by atoms with E-state index in [0.29, 0.717) is 24.2 Å². The molecule has 6 nitrogen and oxygen atoms in total. The first kappa shape index (κ1) is 15.8. The number of para-hydroxylation sites is 1. The summed E-state index contributed by atoms with van der Waals surface area (Å²) < 4.78 is 23.3. The lowest BCUT2D eigenvalue weighted by molar-refractivity contribution is -0.128. The van der Waals surface area contributed by atoms with Gasteiger partial charge in [0.1, 0.15) is 5.41 Å². The molecule has 4 rings (SSSR count). The van der Waals surface area contributed by atoms with Crippen LogP contribution in [0.3, 0.4) is 0 Å². The van der Waals surface area contributed by atoms with E-state index in [4.69, 9.17) is 0 Å². The van der Waals surface area contributed by atoms with Gasteiger partial charge in [0.15, 0.2) is 9.84 Å². The SMILES string of the molecule is CS(=O)(=O)c1ccc(N2C(=O)C3(CC3)C(=O)N2c2ccccc2)cc1. The van der Waals surface area contributed by atoms with Crippen LogP contribution in [-0.4, -0.2) is 26.5 Å². The molecule has 7 heteroatoms. The molecule has 0 radical (unpaired) electrons. The predicted molar refractivity (Wildman–Crippen MR) is 92.6 cm³/mol. The fraction of sp³-hybridized carbons (Fsp3) is 0.222. The zero-order valence-electron chi connectivity index (χ0n) is 13.5. The Morgan fingerprint density at radius 2 is 1.28 bits per heavy atom. The van der Waals surface area contributed by atoms with Gasteiger partial charge in [-0.05, 0) is 49.2 Å². The van der Waals surface area contributed by atoms with Gasteiger partial charge in [-0.2, -0.15) is 0 Å². The van der Waals surface area contributed by atoms with Crippen LogP contribution >= 0.6 is 0 Å². The van der Waals surface area contributed by atoms with E-state index >= 15 is 0 Å². The number of hydrogen-bond acceptors (Lipinski definition) is 4. The van der Waals surface area contributed by atoms with Crippen LogP contribution in [0, 0.1) is 5.41 Å². The molecule has 0 N–H and O–H groups in total. The summed E-state index contributed by atoms with van der Waals surface area (Å²) in [6.45, 7) is 0. The summed E-state index contributed by atoms with van der Waals surface area (Å²) in [6, 6.07) is 15.0. The Labute approximate surface area is 145 Å². The van der Waals surface area contributed by atoms with Crippen molar-refractivity contribution in [3.8, 4) is 0 Å². The predicted octanol–water partition coefficient (Wildman–Crippen LogP) is 2.17. The number of sulfone groups is 1. The summed E-state index contributed by atoms with van der Waals surface area (Å²) in [4.78, 5) is 26.0. The molecule has 2 aromatic rings. The van der Waals surface area contributed by atoms with Crippen LogP contribution in [0.25, 0.3) is 0 Å². The van der Waals surface area contributed by atoms with E-state index in [1.165, 1.54) is 22.2 Å². The van der Waals surface area contributed by atoms with Crippen LogP contribution in [0.2, 0.25) is 0 Å². The molecule has 0 unspecified atom stereocenters. The number of carbonyl (C=O) groups is 2. The quantitative estimate of drug-likeness (QED) is 0.790. The minimum Gasteiger partial charge on any atom is -0.271 e. The second-order valence-electron chi connectivity index (χ2n) is 6.42. The van der Waals surface area contributed by atoms with Gasteiger partial charge in [0.2, 0.25) is 0 Å². The number of benzene rings is 2. The van der Waals surface area contributed by atoms with E-state index < -0.39 is 15.3 Å². The number of carbonyl (C=O) groups excluding carboxylic acids is 2. The molecule has 0 bridgehead atoms.